The molecule has 0 bridgehead atoms. The molecule has 1 amide bonds. The van der Waals surface area contributed by atoms with Crippen molar-refractivity contribution < 1.29 is 48.0 Å². The Morgan fingerprint density at radius 3 is 2.22 bits per heavy atom. The highest BCUT2D eigenvalue weighted by molar-refractivity contribution is 5.74. The average Bonchev–Trinajstić information content (AvgIpc) is 2.57. The van der Waals surface area contributed by atoms with Crippen LogP contribution in [-0.4, -0.2) is 79.4 Å². The zero-order chi connectivity index (χ0) is 20.7. The fraction of sp³-hybridized carbons (Fsp3) is 0.750. The molecule has 1 unspecified atom stereocenters. The van der Waals surface area contributed by atoms with Gasteiger partial charge in [0, 0.05) is 20.8 Å². The van der Waals surface area contributed by atoms with Crippen molar-refractivity contribution in [3.05, 3.63) is 0 Å². The molecule has 0 aromatic heterocycles. The van der Waals surface area contributed by atoms with Crippen molar-refractivity contribution in [1.29, 1.82) is 0 Å². The van der Waals surface area contributed by atoms with Crippen LogP contribution in [-0.2, 0) is 42.9 Å². The minimum absolute atomic E-state index is 0.344. The van der Waals surface area contributed by atoms with Crippen molar-refractivity contribution >= 4 is 23.8 Å². The lowest BCUT2D eigenvalue weighted by Gasteiger charge is -2.44. The first-order valence-corrected chi connectivity index (χ1v) is 8.21. The number of hydrogen-bond acceptors (Lipinski definition) is 10. The van der Waals surface area contributed by atoms with Crippen molar-refractivity contribution in [2.24, 2.45) is 0 Å². The fourth-order valence-electron chi connectivity index (χ4n) is 2.59. The minimum atomic E-state index is -1.57. The number of carbonyl (C=O) groups excluding carboxylic acids is 4. The Labute approximate surface area is 156 Å². The molecule has 6 atom stereocenters. The predicted octanol–water partition coefficient (Wildman–Crippen LogP) is -1.35. The highest BCUT2D eigenvalue weighted by Crippen LogP contribution is 2.27. The van der Waals surface area contributed by atoms with Gasteiger partial charge in [0.1, 0.15) is 24.9 Å². The van der Waals surface area contributed by atoms with E-state index in [0.717, 1.165) is 6.92 Å². The summed E-state index contributed by atoms with van der Waals surface area (Å²) in [7, 11) is 1.17. The number of aliphatic hydroxyl groups is 1. The molecule has 2 N–H and O–H groups in total. The molecule has 1 rings (SSSR count). The first-order chi connectivity index (χ1) is 12.6. The summed E-state index contributed by atoms with van der Waals surface area (Å²) < 4.78 is 25.7. The van der Waals surface area contributed by atoms with Crippen LogP contribution in [0.3, 0.4) is 0 Å². The van der Waals surface area contributed by atoms with Gasteiger partial charge in [0.15, 0.2) is 18.5 Å². The first-order valence-electron chi connectivity index (χ1n) is 8.21. The third-order valence-corrected chi connectivity index (χ3v) is 3.68. The Morgan fingerprint density at radius 2 is 1.74 bits per heavy atom. The zero-order valence-corrected chi connectivity index (χ0v) is 15.8. The molecule has 11 nitrogen and oxygen atoms in total. The van der Waals surface area contributed by atoms with Gasteiger partial charge in [-0.2, -0.15) is 0 Å². The van der Waals surface area contributed by atoms with E-state index in [1.165, 1.54) is 27.9 Å². The Morgan fingerprint density at radius 1 is 1.11 bits per heavy atom. The minimum Gasteiger partial charge on any atom is -0.467 e. The third-order valence-electron chi connectivity index (χ3n) is 3.68. The highest BCUT2D eigenvalue weighted by atomic mass is 16.7. The van der Waals surface area contributed by atoms with Crippen molar-refractivity contribution in [2.45, 2.75) is 64.4 Å². The molecule has 1 heterocycles. The monoisotopic (exact) mass is 391 g/mol. The number of esters is 3. The summed E-state index contributed by atoms with van der Waals surface area (Å²) in [5.41, 5.74) is 0. The van der Waals surface area contributed by atoms with Gasteiger partial charge in [-0.3, -0.25) is 14.4 Å². The van der Waals surface area contributed by atoms with Crippen LogP contribution < -0.4 is 5.32 Å². The number of carbonyl (C=O) groups is 4. The van der Waals surface area contributed by atoms with E-state index in [-0.39, 0.29) is 6.61 Å². The standard InChI is InChI=1S/C16H25NO10/c1-7(15(21)23-5)25-14-12(17-8(2)18)16(22)27-11(6-24-9(3)19)13(14)26-10(4)20/h7,11-14,16,22H,6H2,1-5H3,(H,17,18)/t7-,11-,12-,13-,14-,16?/m1/s1. The molecule has 154 valence electrons. The lowest BCUT2D eigenvalue weighted by atomic mass is 9.96. The maximum atomic E-state index is 11.7. The molecule has 27 heavy (non-hydrogen) atoms. The van der Waals surface area contributed by atoms with Crippen LogP contribution in [0.5, 0.6) is 0 Å². The molecular weight excluding hydrogens is 366 g/mol. The number of hydrogen-bond donors (Lipinski definition) is 2. The van der Waals surface area contributed by atoms with Gasteiger partial charge in [0.2, 0.25) is 5.91 Å². The Kier molecular flexibility index (Phi) is 8.60. The van der Waals surface area contributed by atoms with Gasteiger partial charge >= 0.3 is 17.9 Å². The fourth-order valence-corrected chi connectivity index (χ4v) is 2.59. The predicted molar refractivity (Wildman–Crippen MR) is 87.0 cm³/mol. The van der Waals surface area contributed by atoms with Crippen molar-refractivity contribution in [1.82, 2.24) is 5.32 Å². The molecule has 0 aliphatic carbocycles. The van der Waals surface area contributed by atoms with Crippen molar-refractivity contribution in [3.8, 4) is 0 Å². The molecule has 1 saturated heterocycles. The van der Waals surface area contributed by atoms with E-state index in [4.69, 9.17) is 18.9 Å². The number of nitrogens with one attached hydrogen (secondary N) is 1. The molecule has 1 fully saturated rings. The van der Waals surface area contributed by atoms with E-state index in [9.17, 15) is 24.3 Å². The topological polar surface area (TPSA) is 147 Å². The van der Waals surface area contributed by atoms with Crippen LogP contribution in [0.1, 0.15) is 27.7 Å². The van der Waals surface area contributed by atoms with E-state index in [0.29, 0.717) is 0 Å². The second kappa shape index (κ2) is 10.2. The summed E-state index contributed by atoms with van der Waals surface area (Å²) >= 11 is 0. The van der Waals surface area contributed by atoms with Gasteiger partial charge in [-0.05, 0) is 6.92 Å². The molecule has 0 aromatic rings. The van der Waals surface area contributed by atoms with E-state index >= 15 is 0 Å². The van der Waals surface area contributed by atoms with Gasteiger partial charge in [-0.25, -0.2) is 4.79 Å². The normalized spacial score (nSPS) is 28.6. The number of aliphatic hydroxyl groups excluding tert-OH is 1. The number of ether oxygens (including phenoxy) is 5. The smallest absolute Gasteiger partial charge is 0.334 e. The molecule has 11 heteroatoms. The highest BCUT2D eigenvalue weighted by Gasteiger charge is 2.50. The Balaban J connectivity index is 3.18. The van der Waals surface area contributed by atoms with Crippen LogP contribution >= 0.6 is 0 Å². The molecule has 0 radical (unpaired) electrons. The van der Waals surface area contributed by atoms with Gasteiger partial charge in [-0.1, -0.05) is 0 Å². The zero-order valence-electron chi connectivity index (χ0n) is 15.8. The van der Waals surface area contributed by atoms with Gasteiger partial charge in [0.25, 0.3) is 0 Å². The summed E-state index contributed by atoms with van der Waals surface area (Å²) in [5.74, 6) is -2.54. The summed E-state index contributed by atoms with van der Waals surface area (Å²) in [5, 5.41) is 12.7. The molecule has 1 aliphatic rings. The molecule has 0 aromatic carbocycles. The van der Waals surface area contributed by atoms with Crippen LogP contribution in [0.4, 0.5) is 0 Å². The second-order valence-electron chi connectivity index (χ2n) is 5.93. The maximum Gasteiger partial charge on any atom is 0.334 e. The van der Waals surface area contributed by atoms with Crippen LogP contribution in [0, 0.1) is 0 Å². The summed E-state index contributed by atoms with van der Waals surface area (Å²) in [4.78, 5) is 45.9. The van der Waals surface area contributed by atoms with Gasteiger partial charge < -0.3 is 34.1 Å². The summed E-state index contributed by atoms with van der Waals surface area (Å²) in [6.07, 6.45) is -6.14. The third kappa shape index (κ3) is 6.77. The summed E-state index contributed by atoms with van der Waals surface area (Å²) in [6, 6.07) is -1.16. The Hall–Kier alpha value is -2.24. The maximum absolute atomic E-state index is 11.7. The Bertz CT molecular complexity index is 565. The lowest BCUT2D eigenvalue weighted by Crippen LogP contribution is -2.66. The lowest BCUT2D eigenvalue weighted by molar-refractivity contribution is -0.272. The van der Waals surface area contributed by atoms with Crippen LogP contribution in [0.15, 0.2) is 0 Å². The van der Waals surface area contributed by atoms with Crippen molar-refractivity contribution in [2.75, 3.05) is 13.7 Å². The largest absolute Gasteiger partial charge is 0.467 e. The van der Waals surface area contributed by atoms with E-state index in [2.05, 4.69) is 10.1 Å². The molecule has 0 saturated carbocycles. The quantitative estimate of drug-likeness (QED) is 0.394. The second-order valence-corrected chi connectivity index (χ2v) is 5.93. The van der Waals surface area contributed by atoms with E-state index in [1.807, 2.05) is 0 Å². The number of rotatable bonds is 7. The van der Waals surface area contributed by atoms with Gasteiger partial charge in [-0.15, -0.1) is 0 Å². The molecule has 1 aliphatic heterocycles. The van der Waals surface area contributed by atoms with Crippen molar-refractivity contribution in [3.63, 3.8) is 0 Å². The van der Waals surface area contributed by atoms with E-state index < -0.39 is 60.6 Å². The summed E-state index contributed by atoms with van der Waals surface area (Å²) in [6.45, 7) is 4.57. The van der Waals surface area contributed by atoms with Crippen LogP contribution in [0.2, 0.25) is 0 Å². The molecule has 0 spiro atoms. The van der Waals surface area contributed by atoms with E-state index in [1.54, 1.807) is 0 Å². The van der Waals surface area contributed by atoms with Gasteiger partial charge in [0.05, 0.1) is 7.11 Å². The van der Waals surface area contributed by atoms with Crippen LogP contribution in [0.25, 0.3) is 0 Å². The number of methoxy groups -OCH3 is 1. The average molecular weight is 391 g/mol. The number of amides is 1. The first kappa shape index (κ1) is 22.8. The molecular formula is C16H25NO10. The SMILES string of the molecule is COC(=O)[C@@H](C)O[C@H]1[C@H](OC(C)=O)[C@@H](COC(C)=O)OC(O)[C@@H]1NC(C)=O.